The van der Waals surface area contributed by atoms with Gasteiger partial charge in [0, 0.05) is 16.6 Å². The molecule has 0 radical (unpaired) electrons. The highest BCUT2D eigenvalue weighted by atomic mass is 32.1. The van der Waals surface area contributed by atoms with E-state index in [4.69, 9.17) is 9.47 Å². The summed E-state index contributed by atoms with van der Waals surface area (Å²) in [5.74, 6) is 0.442. The van der Waals surface area contributed by atoms with Gasteiger partial charge in [-0.25, -0.2) is 4.79 Å². The molecule has 0 saturated carbocycles. The second-order valence-electron chi connectivity index (χ2n) is 6.23. The molecule has 0 atom stereocenters. The number of benzene rings is 1. The van der Waals surface area contributed by atoms with Crippen LogP contribution in [0, 0.1) is 0 Å². The number of anilines is 1. The maximum absolute atomic E-state index is 12.1. The van der Waals surface area contributed by atoms with Crippen LogP contribution in [0.2, 0.25) is 0 Å². The molecule has 0 bridgehead atoms. The zero-order valence-corrected chi connectivity index (χ0v) is 16.7. The predicted octanol–water partition coefficient (Wildman–Crippen LogP) is 1.76. The minimum Gasteiger partial charge on any atom is -0.454 e. The molecule has 0 aliphatic carbocycles. The van der Waals surface area contributed by atoms with Crippen molar-refractivity contribution in [2.75, 3.05) is 31.7 Å². The highest BCUT2D eigenvalue weighted by Gasteiger charge is 2.17. The summed E-state index contributed by atoms with van der Waals surface area (Å²) in [4.78, 5) is 38.9. The standard InChI is InChI=1S/C19H22N4O5S/c1-2-23(10-17(24)20-9-14-4-3-7-29-14)11-18(25)22-19(26)21-13-5-6-15-16(8-13)28-12-27-15/h3-8H,2,9-12H2,1H3,(H,20,24)(H2,21,22,25,26). The number of hydrogen-bond donors (Lipinski definition) is 3. The molecule has 29 heavy (non-hydrogen) atoms. The second-order valence-corrected chi connectivity index (χ2v) is 7.26. The third-order valence-electron chi connectivity index (χ3n) is 4.10. The van der Waals surface area contributed by atoms with E-state index in [-0.39, 0.29) is 25.8 Å². The number of fused-ring (bicyclic) bond motifs is 1. The van der Waals surface area contributed by atoms with Crippen LogP contribution in [0.4, 0.5) is 10.5 Å². The van der Waals surface area contributed by atoms with Gasteiger partial charge in [-0.15, -0.1) is 11.3 Å². The summed E-state index contributed by atoms with van der Waals surface area (Å²) in [6.07, 6.45) is 0. The molecular weight excluding hydrogens is 396 g/mol. The normalized spacial score (nSPS) is 11.9. The summed E-state index contributed by atoms with van der Waals surface area (Å²) in [6, 6.07) is 8.13. The summed E-state index contributed by atoms with van der Waals surface area (Å²) in [6.45, 7) is 2.92. The van der Waals surface area contributed by atoms with Gasteiger partial charge in [-0.05, 0) is 30.1 Å². The fourth-order valence-electron chi connectivity index (χ4n) is 2.64. The van der Waals surface area contributed by atoms with Crippen molar-refractivity contribution in [3.8, 4) is 11.5 Å². The molecule has 3 rings (SSSR count). The number of carbonyl (C=O) groups excluding carboxylic acids is 3. The summed E-state index contributed by atoms with van der Waals surface area (Å²) in [5.41, 5.74) is 0.472. The Morgan fingerprint density at radius 2 is 1.90 bits per heavy atom. The first-order chi connectivity index (χ1) is 14.0. The summed E-state index contributed by atoms with van der Waals surface area (Å²) >= 11 is 1.56. The lowest BCUT2D eigenvalue weighted by molar-refractivity contribution is -0.124. The number of likely N-dealkylation sites (N-methyl/N-ethyl adjacent to an activating group) is 1. The van der Waals surface area contributed by atoms with Gasteiger partial charge in [0.1, 0.15) is 0 Å². The Kier molecular flexibility index (Phi) is 7.04. The van der Waals surface area contributed by atoms with Crippen LogP contribution in [0.3, 0.4) is 0 Å². The van der Waals surface area contributed by atoms with Crippen LogP contribution in [0.25, 0.3) is 0 Å². The Morgan fingerprint density at radius 3 is 2.66 bits per heavy atom. The van der Waals surface area contributed by atoms with Gasteiger partial charge in [-0.3, -0.25) is 19.8 Å². The second kappa shape index (κ2) is 9.89. The Balaban J connectivity index is 1.41. The smallest absolute Gasteiger partial charge is 0.325 e. The molecule has 2 aromatic rings. The van der Waals surface area contributed by atoms with Gasteiger partial charge in [-0.1, -0.05) is 13.0 Å². The van der Waals surface area contributed by atoms with Crippen LogP contribution in [0.1, 0.15) is 11.8 Å². The lowest BCUT2D eigenvalue weighted by atomic mass is 10.3. The number of thiophene rings is 1. The molecular formula is C19H22N4O5S. The summed E-state index contributed by atoms with van der Waals surface area (Å²) in [7, 11) is 0. The SMILES string of the molecule is CCN(CC(=O)NCc1cccs1)CC(=O)NC(=O)Nc1ccc2c(c1)OCO2. The van der Waals surface area contributed by atoms with E-state index in [1.54, 1.807) is 34.4 Å². The first-order valence-corrected chi connectivity index (χ1v) is 9.93. The van der Waals surface area contributed by atoms with Crippen LogP contribution in [0.5, 0.6) is 11.5 Å². The van der Waals surface area contributed by atoms with E-state index >= 15 is 0 Å². The quantitative estimate of drug-likeness (QED) is 0.603. The maximum atomic E-state index is 12.1. The number of carbonyl (C=O) groups is 3. The van der Waals surface area contributed by atoms with Gasteiger partial charge in [-0.2, -0.15) is 0 Å². The van der Waals surface area contributed by atoms with Crippen molar-refractivity contribution in [1.29, 1.82) is 0 Å². The average Bonchev–Trinajstić information content (AvgIpc) is 3.36. The van der Waals surface area contributed by atoms with Crippen molar-refractivity contribution in [2.24, 2.45) is 0 Å². The Hall–Kier alpha value is -3.11. The number of urea groups is 1. The Labute approximate surface area is 172 Å². The number of nitrogens with one attached hydrogen (secondary N) is 3. The fraction of sp³-hybridized carbons (Fsp3) is 0.316. The topological polar surface area (TPSA) is 109 Å². The molecule has 9 nitrogen and oxygen atoms in total. The zero-order valence-electron chi connectivity index (χ0n) is 15.9. The van der Waals surface area contributed by atoms with Crippen LogP contribution in [0.15, 0.2) is 35.7 Å². The van der Waals surface area contributed by atoms with Gasteiger partial charge in [0.25, 0.3) is 0 Å². The molecule has 1 aliphatic heterocycles. The van der Waals surface area contributed by atoms with Crippen LogP contribution >= 0.6 is 11.3 Å². The van der Waals surface area contributed by atoms with Crippen LogP contribution in [-0.4, -0.2) is 49.2 Å². The predicted molar refractivity (Wildman–Crippen MR) is 108 cm³/mol. The lowest BCUT2D eigenvalue weighted by Gasteiger charge is -2.19. The van der Waals surface area contributed by atoms with Crippen molar-refractivity contribution < 1.29 is 23.9 Å². The molecule has 0 spiro atoms. The first-order valence-electron chi connectivity index (χ1n) is 9.05. The molecule has 2 heterocycles. The molecule has 3 N–H and O–H groups in total. The van der Waals surface area contributed by atoms with Gasteiger partial charge in [0.05, 0.1) is 19.6 Å². The molecule has 0 saturated heterocycles. The summed E-state index contributed by atoms with van der Waals surface area (Å²) in [5, 5.41) is 9.58. The monoisotopic (exact) mass is 418 g/mol. The molecule has 1 aliphatic rings. The van der Waals surface area contributed by atoms with Crippen LogP contribution in [-0.2, 0) is 16.1 Å². The molecule has 4 amide bonds. The molecule has 0 unspecified atom stereocenters. The van der Waals surface area contributed by atoms with E-state index in [9.17, 15) is 14.4 Å². The van der Waals surface area contributed by atoms with Gasteiger partial charge in [0.15, 0.2) is 11.5 Å². The lowest BCUT2D eigenvalue weighted by Crippen LogP contribution is -2.45. The largest absolute Gasteiger partial charge is 0.454 e. The van der Waals surface area contributed by atoms with Crippen molar-refractivity contribution in [3.63, 3.8) is 0 Å². The van der Waals surface area contributed by atoms with E-state index < -0.39 is 11.9 Å². The zero-order chi connectivity index (χ0) is 20.6. The van der Waals surface area contributed by atoms with Crippen molar-refractivity contribution in [1.82, 2.24) is 15.5 Å². The summed E-state index contributed by atoms with van der Waals surface area (Å²) < 4.78 is 10.5. The Morgan fingerprint density at radius 1 is 1.10 bits per heavy atom. The molecule has 1 aromatic carbocycles. The molecule has 1 aromatic heterocycles. The van der Waals surface area contributed by atoms with Gasteiger partial charge < -0.3 is 20.1 Å². The molecule has 154 valence electrons. The minimum atomic E-state index is -0.660. The van der Waals surface area contributed by atoms with E-state index in [1.807, 2.05) is 24.4 Å². The third kappa shape index (κ3) is 6.19. The minimum absolute atomic E-state index is 0.0685. The van der Waals surface area contributed by atoms with E-state index in [0.717, 1.165) is 4.88 Å². The van der Waals surface area contributed by atoms with Crippen molar-refractivity contribution in [2.45, 2.75) is 13.5 Å². The maximum Gasteiger partial charge on any atom is 0.325 e. The molecule has 10 heteroatoms. The van der Waals surface area contributed by atoms with Gasteiger partial charge in [0.2, 0.25) is 18.6 Å². The number of hydrogen-bond acceptors (Lipinski definition) is 7. The number of rotatable bonds is 8. The highest BCUT2D eigenvalue weighted by molar-refractivity contribution is 7.09. The highest BCUT2D eigenvalue weighted by Crippen LogP contribution is 2.34. The van der Waals surface area contributed by atoms with E-state index in [1.165, 1.54) is 0 Å². The van der Waals surface area contributed by atoms with Crippen molar-refractivity contribution in [3.05, 3.63) is 40.6 Å². The first kappa shape index (κ1) is 20.6. The number of ether oxygens (including phenoxy) is 2. The van der Waals surface area contributed by atoms with Gasteiger partial charge >= 0.3 is 6.03 Å². The Bertz CT molecular complexity index is 871. The number of nitrogens with zero attached hydrogens (tertiary/aromatic N) is 1. The van der Waals surface area contributed by atoms with Crippen LogP contribution < -0.4 is 25.4 Å². The van der Waals surface area contributed by atoms with E-state index in [2.05, 4.69) is 16.0 Å². The number of amides is 4. The number of imide groups is 1. The fourth-order valence-corrected chi connectivity index (χ4v) is 3.29. The third-order valence-corrected chi connectivity index (χ3v) is 4.98. The molecule has 0 fully saturated rings. The average molecular weight is 418 g/mol. The van der Waals surface area contributed by atoms with E-state index in [0.29, 0.717) is 30.3 Å². The van der Waals surface area contributed by atoms with Crippen molar-refractivity contribution >= 4 is 34.9 Å².